The molecule has 0 aliphatic heterocycles. The minimum absolute atomic E-state index is 0.182. The minimum atomic E-state index is -0.585. The van der Waals surface area contributed by atoms with E-state index in [2.05, 4.69) is 10.6 Å². The third-order valence-electron chi connectivity index (χ3n) is 2.65. The Hall–Kier alpha value is -2.09. The van der Waals surface area contributed by atoms with Gasteiger partial charge in [0.2, 0.25) is 0 Å². The molecule has 1 aromatic rings. The van der Waals surface area contributed by atoms with Crippen LogP contribution in [0, 0.1) is 6.92 Å². The summed E-state index contributed by atoms with van der Waals surface area (Å²) >= 11 is 0.995. The number of thiophene rings is 1. The number of hydrogen-bond acceptors (Lipinski definition) is 6. The van der Waals surface area contributed by atoms with Gasteiger partial charge in [-0.25, -0.2) is 14.4 Å². The monoisotopic (exact) mass is 328 g/mol. The molecule has 0 spiro atoms. The molecule has 0 bridgehead atoms. The van der Waals surface area contributed by atoms with Gasteiger partial charge in [-0.2, -0.15) is 0 Å². The Labute approximate surface area is 133 Å². The van der Waals surface area contributed by atoms with Gasteiger partial charge in [0.05, 0.1) is 18.8 Å². The predicted molar refractivity (Wildman–Crippen MR) is 83.7 cm³/mol. The molecule has 8 heteroatoms. The van der Waals surface area contributed by atoms with Crippen LogP contribution in [0.2, 0.25) is 0 Å². The first-order chi connectivity index (χ1) is 10.5. The maximum Gasteiger partial charge on any atom is 0.348 e. The van der Waals surface area contributed by atoms with Crippen molar-refractivity contribution in [3.05, 3.63) is 16.0 Å². The van der Waals surface area contributed by atoms with E-state index >= 15 is 0 Å². The fraction of sp³-hybridized carbons (Fsp3) is 0.500. The van der Waals surface area contributed by atoms with E-state index in [1.54, 1.807) is 27.7 Å². The maximum absolute atomic E-state index is 12.1. The second-order valence-electron chi connectivity index (χ2n) is 4.19. The third kappa shape index (κ3) is 4.20. The lowest BCUT2D eigenvalue weighted by molar-refractivity contribution is 0.0527. The van der Waals surface area contributed by atoms with Gasteiger partial charge in [0, 0.05) is 6.54 Å². The van der Waals surface area contributed by atoms with Crippen molar-refractivity contribution >= 4 is 34.3 Å². The van der Waals surface area contributed by atoms with Crippen LogP contribution in [-0.2, 0) is 9.47 Å². The quantitative estimate of drug-likeness (QED) is 0.783. The van der Waals surface area contributed by atoms with E-state index < -0.39 is 18.0 Å². The normalized spacial score (nSPS) is 10.0. The van der Waals surface area contributed by atoms with E-state index in [4.69, 9.17) is 9.47 Å². The molecule has 7 nitrogen and oxygen atoms in total. The van der Waals surface area contributed by atoms with Crippen LogP contribution in [0.4, 0.5) is 9.80 Å². The smallest absolute Gasteiger partial charge is 0.348 e. The number of urea groups is 1. The maximum atomic E-state index is 12.1. The molecule has 0 fully saturated rings. The Bertz CT molecular complexity index is 568. The second-order valence-corrected chi connectivity index (χ2v) is 5.21. The molecular weight excluding hydrogens is 308 g/mol. The standard InChI is InChI=1S/C14H20N2O5S/c1-5-15-14(19)16-11-9(12(17)20-6-2)8(4)10(22-11)13(18)21-7-3/h5-7H2,1-4H3,(H2,15,16,19). The van der Waals surface area contributed by atoms with Crippen molar-refractivity contribution in [2.24, 2.45) is 0 Å². The summed E-state index contributed by atoms with van der Waals surface area (Å²) in [5, 5.41) is 5.40. The molecule has 1 aromatic heterocycles. The van der Waals surface area contributed by atoms with Gasteiger partial charge in [-0.1, -0.05) is 0 Å². The number of hydrogen-bond donors (Lipinski definition) is 2. The summed E-state index contributed by atoms with van der Waals surface area (Å²) in [5.41, 5.74) is 0.620. The third-order valence-corrected chi connectivity index (χ3v) is 3.84. The van der Waals surface area contributed by atoms with Crippen LogP contribution in [0.25, 0.3) is 0 Å². The molecule has 22 heavy (non-hydrogen) atoms. The summed E-state index contributed by atoms with van der Waals surface area (Å²) in [6, 6.07) is -0.454. The highest BCUT2D eigenvalue weighted by Crippen LogP contribution is 2.34. The number of nitrogens with one attached hydrogen (secondary N) is 2. The average Bonchev–Trinajstić information content (AvgIpc) is 2.76. The summed E-state index contributed by atoms with van der Waals surface area (Å²) in [6.07, 6.45) is 0. The largest absolute Gasteiger partial charge is 0.462 e. The van der Waals surface area contributed by atoms with Crippen molar-refractivity contribution in [1.82, 2.24) is 5.32 Å². The fourth-order valence-corrected chi connectivity index (χ4v) is 2.83. The number of carbonyl (C=O) groups excluding carboxylic acids is 3. The van der Waals surface area contributed by atoms with Gasteiger partial charge in [-0.15, -0.1) is 11.3 Å². The van der Waals surface area contributed by atoms with Gasteiger partial charge >= 0.3 is 18.0 Å². The van der Waals surface area contributed by atoms with E-state index in [9.17, 15) is 14.4 Å². The summed E-state index contributed by atoms with van der Waals surface area (Å²) in [6.45, 7) is 7.64. The molecule has 0 aliphatic carbocycles. The number of esters is 2. The molecule has 0 aliphatic rings. The fourth-order valence-electron chi connectivity index (χ4n) is 1.75. The minimum Gasteiger partial charge on any atom is -0.462 e. The molecule has 0 unspecified atom stereocenters. The molecule has 122 valence electrons. The van der Waals surface area contributed by atoms with E-state index in [1.165, 1.54) is 0 Å². The predicted octanol–water partition coefficient (Wildman–Crippen LogP) is 2.55. The lowest BCUT2D eigenvalue weighted by Crippen LogP contribution is -2.28. The molecular formula is C14H20N2O5S. The Balaban J connectivity index is 3.21. The molecule has 2 N–H and O–H groups in total. The van der Waals surface area contributed by atoms with Crippen molar-refractivity contribution in [3.63, 3.8) is 0 Å². The Kier molecular flexibility index (Phi) is 6.84. The zero-order chi connectivity index (χ0) is 16.7. The Morgan fingerprint density at radius 3 is 2.18 bits per heavy atom. The highest BCUT2D eigenvalue weighted by molar-refractivity contribution is 7.18. The highest BCUT2D eigenvalue weighted by Gasteiger charge is 2.27. The van der Waals surface area contributed by atoms with E-state index in [0.29, 0.717) is 12.1 Å². The summed E-state index contributed by atoms with van der Waals surface area (Å²) in [4.78, 5) is 36.0. The van der Waals surface area contributed by atoms with Crippen LogP contribution in [0.15, 0.2) is 0 Å². The van der Waals surface area contributed by atoms with Crippen molar-refractivity contribution in [2.45, 2.75) is 27.7 Å². The molecule has 0 aromatic carbocycles. The Morgan fingerprint density at radius 1 is 1.05 bits per heavy atom. The van der Waals surface area contributed by atoms with E-state index in [-0.39, 0.29) is 28.7 Å². The van der Waals surface area contributed by atoms with Gasteiger partial charge in [-0.05, 0) is 33.3 Å². The number of carbonyl (C=O) groups is 3. The number of anilines is 1. The zero-order valence-corrected chi connectivity index (χ0v) is 13.9. The Morgan fingerprint density at radius 2 is 1.64 bits per heavy atom. The lowest BCUT2D eigenvalue weighted by atomic mass is 10.1. The topological polar surface area (TPSA) is 93.7 Å². The molecule has 2 amide bonds. The second kappa shape index (κ2) is 8.38. The van der Waals surface area contributed by atoms with Gasteiger partial charge in [0.1, 0.15) is 9.88 Å². The van der Waals surface area contributed by atoms with Crippen molar-refractivity contribution in [2.75, 3.05) is 25.1 Å². The first-order valence-electron chi connectivity index (χ1n) is 6.98. The number of rotatable bonds is 6. The van der Waals surface area contributed by atoms with Crippen LogP contribution in [-0.4, -0.2) is 37.7 Å². The first kappa shape index (κ1) is 18.0. The molecule has 1 heterocycles. The van der Waals surface area contributed by atoms with Crippen LogP contribution >= 0.6 is 11.3 Å². The lowest BCUT2D eigenvalue weighted by Gasteiger charge is -2.07. The molecule has 0 radical (unpaired) electrons. The van der Waals surface area contributed by atoms with Gasteiger partial charge in [-0.3, -0.25) is 5.32 Å². The highest BCUT2D eigenvalue weighted by atomic mass is 32.1. The summed E-state index contributed by atoms with van der Waals surface area (Å²) in [5.74, 6) is -1.11. The van der Waals surface area contributed by atoms with E-state index in [1.807, 2.05) is 0 Å². The first-order valence-corrected chi connectivity index (χ1v) is 7.80. The summed E-state index contributed by atoms with van der Waals surface area (Å²) < 4.78 is 9.95. The van der Waals surface area contributed by atoms with E-state index in [0.717, 1.165) is 11.3 Å². The van der Waals surface area contributed by atoms with Gasteiger partial charge < -0.3 is 14.8 Å². The van der Waals surface area contributed by atoms with Crippen molar-refractivity contribution in [3.8, 4) is 0 Å². The average molecular weight is 328 g/mol. The summed E-state index contributed by atoms with van der Waals surface area (Å²) in [7, 11) is 0. The van der Waals surface area contributed by atoms with Gasteiger partial charge in [0.25, 0.3) is 0 Å². The SMILES string of the molecule is CCNC(=O)Nc1sc(C(=O)OCC)c(C)c1C(=O)OCC. The van der Waals surface area contributed by atoms with Crippen LogP contribution < -0.4 is 10.6 Å². The molecule has 0 saturated heterocycles. The van der Waals surface area contributed by atoms with Gasteiger partial charge in [0.15, 0.2) is 0 Å². The number of amides is 2. The molecule has 0 saturated carbocycles. The van der Waals surface area contributed by atoms with Crippen LogP contribution in [0.1, 0.15) is 46.4 Å². The van der Waals surface area contributed by atoms with Crippen molar-refractivity contribution < 1.29 is 23.9 Å². The molecule has 0 atom stereocenters. The van der Waals surface area contributed by atoms with Crippen LogP contribution in [0.5, 0.6) is 0 Å². The molecule has 1 rings (SSSR count). The van der Waals surface area contributed by atoms with Crippen LogP contribution in [0.3, 0.4) is 0 Å². The van der Waals surface area contributed by atoms with Crippen molar-refractivity contribution in [1.29, 1.82) is 0 Å². The number of ether oxygens (including phenoxy) is 2. The zero-order valence-electron chi connectivity index (χ0n) is 13.1.